The number of carbonyl (C=O) groups excluding carboxylic acids is 2. The molecule has 0 aliphatic carbocycles. The van der Waals surface area contributed by atoms with Gasteiger partial charge in [0.05, 0.1) is 23.7 Å². The van der Waals surface area contributed by atoms with Crippen LogP contribution in [0, 0.1) is 5.92 Å². The van der Waals surface area contributed by atoms with E-state index in [0.717, 1.165) is 6.42 Å². The highest BCUT2D eigenvalue weighted by molar-refractivity contribution is 6.35. The molecule has 0 saturated carbocycles. The summed E-state index contributed by atoms with van der Waals surface area (Å²) in [5.41, 5.74) is 0.264. The number of carbonyl (C=O) groups is 2. The van der Waals surface area contributed by atoms with Crippen molar-refractivity contribution in [3.8, 4) is 0 Å². The molecule has 120 valence electrons. The molecule has 1 fully saturated rings. The molecule has 1 aliphatic heterocycles. The van der Waals surface area contributed by atoms with E-state index in [1.165, 1.54) is 6.07 Å². The Hall–Kier alpha value is -1.30. The van der Waals surface area contributed by atoms with Gasteiger partial charge in [0.25, 0.3) is 5.91 Å². The summed E-state index contributed by atoms with van der Waals surface area (Å²) >= 11 is 11.8. The van der Waals surface area contributed by atoms with Crippen molar-refractivity contribution in [3.63, 3.8) is 0 Å². The van der Waals surface area contributed by atoms with Gasteiger partial charge < -0.3 is 15.0 Å². The first-order valence-electron chi connectivity index (χ1n) is 7.01. The monoisotopic (exact) mass is 344 g/mol. The fraction of sp³-hybridized carbons (Fsp3) is 0.467. The van der Waals surface area contributed by atoms with Crippen LogP contribution in [0.25, 0.3) is 0 Å². The van der Waals surface area contributed by atoms with E-state index in [1.54, 1.807) is 24.1 Å². The Bertz CT molecular complexity index is 566. The second kappa shape index (κ2) is 7.81. The Kier molecular flexibility index (Phi) is 6.06. The van der Waals surface area contributed by atoms with Gasteiger partial charge in [-0.25, -0.2) is 0 Å². The predicted molar refractivity (Wildman–Crippen MR) is 85.4 cm³/mol. The topological polar surface area (TPSA) is 58.6 Å². The summed E-state index contributed by atoms with van der Waals surface area (Å²) in [5.74, 6) is -0.148. The van der Waals surface area contributed by atoms with Gasteiger partial charge >= 0.3 is 0 Å². The number of nitrogens with one attached hydrogen (secondary N) is 1. The lowest BCUT2D eigenvalue weighted by molar-refractivity contribution is -0.129. The number of benzene rings is 1. The first-order valence-corrected chi connectivity index (χ1v) is 7.77. The molecule has 0 spiro atoms. The first-order chi connectivity index (χ1) is 10.5. The number of amides is 2. The lowest BCUT2D eigenvalue weighted by Gasteiger charge is -2.17. The second-order valence-corrected chi connectivity index (χ2v) is 6.10. The summed E-state index contributed by atoms with van der Waals surface area (Å²) in [4.78, 5) is 25.9. The van der Waals surface area contributed by atoms with Crippen LogP contribution in [0.15, 0.2) is 18.2 Å². The highest BCUT2D eigenvalue weighted by Crippen LogP contribution is 2.20. The molecule has 2 amide bonds. The van der Waals surface area contributed by atoms with Crippen LogP contribution in [0.1, 0.15) is 16.8 Å². The van der Waals surface area contributed by atoms with Crippen molar-refractivity contribution < 1.29 is 14.3 Å². The summed E-state index contributed by atoms with van der Waals surface area (Å²) < 4.78 is 5.10. The first kappa shape index (κ1) is 17.1. The van der Waals surface area contributed by atoms with Gasteiger partial charge in [0, 0.05) is 31.1 Å². The van der Waals surface area contributed by atoms with Crippen molar-refractivity contribution >= 4 is 35.0 Å². The molecule has 5 nitrogen and oxygen atoms in total. The number of methoxy groups -OCH3 is 1. The van der Waals surface area contributed by atoms with Crippen LogP contribution in [-0.4, -0.2) is 50.1 Å². The van der Waals surface area contributed by atoms with E-state index < -0.39 is 5.91 Å². The Balaban J connectivity index is 1.86. The average Bonchev–Trinajstić information content (AvgIpc) is 2.96. The van der Waals surface area contributed by atoms with Crippen LogP contribution in [0.2, 0.25) is 10.0 Å². The van der Waals surface area contributed by atoms with E-state index in [0.29, 0.717) is 35.7 Å². The highest BCUT2D eigenvalue weighted by Gasteiger charge is 2.26. The minimum absolute atomic E-state index is 0.0542. The third-order valence-corrected chi connectivity index (χ3v) is 4.18. The average molecular weight is 345 g/mol. The van der Waals surface area contributed by atoms with Gasteiger partial charge in [0.1, 0.15) is 0 Å². The van der Waals surface area contributed by atoms with E-state index in [-0.39, 0.29) is 18.0 Å². The third kappa shape index (κ3) is 4.35. The molecule has 2 rings (SSSR count). The SMILES string of the molecule is COCC1CCN(C(=O)CNC(=O)c2cc(Cl)ccc2Cl)C1. The zero-order valence-corrected chi connectivity index (χ0v) is 13.8. The Morgan fingerprint density at radius 3 is 2.91 bits per heavy atom. The molecular formula is C15H18Cl2N2O3. The molecule has 1 aromatic carbocycles. The maximum Gasteiger partial charge on any atom is 0.253 e. The van der Waals surface area contributed by atoms with Crippen LogP contribution >= 0.6 is 23.2 Å². The summed E-state index contributed by atoms with van der Waals surface area (Å²) in [7, 11) is 1.65. The van der Waals surface area contributed by atoms with Gasteiger partial charge in [0.15, 0.2) is 0 Å². The standard InChI is InChI=1S/C15H18Cl2N2O3/c1-22-9-10-4-5-19(8-10)14(20)7-18-15(21)12-6-11(16)2-3-13(12)17/h2-3,6,10H,4-5,7-9H2,1H3,(H,18,21). The fourth-order valence-corrected chi connectivity index (χ4v) is 2.84. The number of halogens is 2. The van der Waals surface area contributed by atoms with Crippen LogP contribution in [0.3, 0.4) is 0 Å². The van der Waals surface area contributed by atoms with Crippen LogP contribution in [0.5, 0.6) is 0 Å². The van der Waals surface area contributed by atoms with Crippen molar-refractivity contribution in [2.45, 2.75) is 6.42 Å². The number of hydrogen-bond acceptors (Lipinski definition) is 3. The third-order valence-electron chi connectivity index (χ3n) is 3.61. The van der Waals surface area contributed by atoms with E-state index in [9.17, 15) is 9.59 Å². The lowest BCUT2D eigenvalue weighted by atomic mass is 10.1. The van der Waals surface area contributed by atoms with Gasteiger partial charge in [0.2, 0.25) is 5.91 Å². The molecule has 1 heterocycles. The number of likely N-dealkylation sites (tertiary alicyclic amines) is 1. The Labute approximate surface area is 139 Å². The molecule has 1 unspecified atom stereocenters. The van der Waals surface area contributed by atoms with Gasteiger partial charge in [-0.05, 0) is 24.6 Å². The lowest BCUT2D eigenvalue weighted by Crippen LogP contribution is -2.39. The van der Waals surface area contributed by atoms with E-state index in [4.69, 9.17) is 27.9 Å². The fourth-order valence-electron chi connectivity index (χ4n) is 2.47. The number of nitrogens with zero attached hydrogens (tertiary/aromatic N) is 1. The Morgan fingerprint density at radius 1 is 1.41 bits per heavy atom. The summed E-state index contributed by atoms with van der Waals surface area (Å²) in [5, 5.41) is 3.31. The maximum atomic E-state index is 12.1. The Morgan fingerprint density at radius 2 is 2.18 bits per heavy atom. The van der Waals surface area contributed by atoms with Crippen molar-refractivity contribution in [2.24, 2.45) is 5.92 Å². The van der Waals surface area contributed by atoms with Gasteiger partial charge in [-0.15, -0.1) is 0 Å². The molecule has 1 aliphatic rings. The van der Waals surface area contributed by atoms with E-state index in [2.05, 4.69) is 5.32 Å². The van der Waals surface area contributed by atoms with E-state index >= 15 is 0 Å². The molecule has 0 aromatic heterocycles. The number of hydrogen-bond donors (Lipinski definition) is 1. The minimum atomic E-state index is -0.409. The number of rotatable bonds is 5. The zero-order valence-electron chi connectivity index (χ0n) is 12.3. The minimum Gasteiger partial charge on any atom is -0.384 e. The van der Waals surface area contributed by atoms with Gasteiger partial charge in [-0.2, -0.15) is 0 Å². The molecule has 22 heavy (non-hydrogen) atoms. The second-order valence-electron chi connectivity index (χ2n) is 5.26. The van der Waals surface area contributed by atoms with Crippen molar-refractivity contribution in [2.75, 3.05) is 33.4 Å². The van der Waals surface area contributed by atoms with Crippen LogP contribution < -0.4 is 5.32 Å². The molecule has 1 atom stereocenters. The molecule has 0 radical (unpaired) electrons. The van der Waals surface area contributed by atoms with Crippen LogP contribution in [-0.2, 0) is 9.53 Å². The summed E-state index contributed by atoms with van der Waals surface area (Å²) in [6.07, 6.45) is 0.924. The molecule has 1 saturated heterocycles. The van der Waals surface area contributed by atoms with Gasteiger partial charge in [-0.1, -0.05) is 23.2 Å². The smallest absolute Gasteiger partial charge is 0.253 e. The normalized spacial score (nSPS) is 17.6. The maximum absolute atomic E-state index is 12.1. The van der Waals surface area contributed by atoms with Crippen molar-refractivity contribution in [1.29, 1.82) is 0 Å². The molecular weight excluding hydrogens is 327 g/mol. The summed E-state index contributed by atoms with van der Waals surface area (Å²) in [6.45, 7) is 1.96. The predicted octanol–water partition coefficient (Wildman–Crippen LogP) is 2.22. The number of ether oxygens (including phenoxy) is 1. The molecule has 1 N–H and O–H groups in total. The highest BCUT2D eigenvalue weighted by atomic mass is 35.5. The largest absolute Gasteiger partial charge is 0.384 e. The molecule has 0 bridgehead atoms. The van der Waals surface area contributed by atoms with Crippen molar-refractivity contribution in [1.82, 2.24) is 10.2 Å². The quantitative estimate of drug-likeness (QED) is 0.890. The molecule has 1 aromatic rings. The van der Waals surface area contributed by atoms with Crippen molar-refractivity contribution in [3.05, 3.63) is 33.8 Å². The summed E-state index contributed by atoms with van der Waals surface area (Å²) in [6, 6.07) is 4.64. The van der Waals surface area contributed by atoms with Gasteiger partial charge in [-0.3, -0.25) is 9.59 Å². The zero-order chi connectivity index (χ0) is 16.1. The van der Waals surface area contributed by atoms with Crippen LogP contribution in [0.4, 0.5) is 0 Å². The van der Waals surface area contributed by atoms with E-state index in [1.807, 2.05) is 0 Å². The molecule has 7 heteroatoms.